The maximum absolute atomic E-state index is 12.6. The van der Waals surface area contributed by atoms with Crippen LogP contribution in [0.4, 0.5) is 10.5 Å². The molecule has 0 aliphatic carbocycles. The van der Waals surface area contributed by atoms with E-state index in [0.29, 0.717) is 44.8 Å². The average Bonchev–Trinajstić information content (AvgIpc) is 2.90. The summed E-state index contributed by atoms with van der Waals surface area (Å²) in [6.07, 6.45) is 1.01. The largest absolute Gasteiger partial charge is 0.497 e. The fourth-order valence-electron chi connectivity index (χ4n) is 3.62. The van der Waals surface area contributed by atoms with Gasteiger partial charge in [-0.2, -0.15) is 0 Å². The number of methoxy groups -OCH3 is 2. The molecule has 1 N–H and O–H groups in total. The third-order valence-electron chi connectivity index (χ3n) is 5.16. The Balaban J connectivity index is 1.62. The zero-order valence-electron chi connectivity index (χ0n) is 15.6. The molecule has 2 aliphatic rings. The van der Waals surface area contributed by atoms with Gasteiger partial charge in [0, 0.05) is 45.3 Å². The van der Waals surface area contributed by atoms with Crippen molar-refractivity contribution in [3.8, 4) is 5.75 Å². The van der Waals surface area contributed by atoms with Crippen molar-refractivity contribution in [1.82, 2.24) is 9.80 Å². The zero-order valence-corrected chi connectivity index (χ0v) is 16.4. The number of hydrogen-bond donors (Lipinski definition) is 1. The number of hydrogen-bond acceptors (Lipinski definition) is 5. The predicted molar refractivity (Wildman–Crippen MR) is 102 cm³/mol. The van der Waals surface area contributed by atoms with Crippen LogP contribution in [-0.4, -0.2) is 77.0 Å². The normalized spacial score (nSPS) is 21.6. The highest BCUT2D eigenvalue weighted by Gasteiger charge is 2.52. The minimum absolute atomic E-state index is 0.0573. The number of carbonyl (C=O) groups excluding carboxylic acids is 2. The van der Waals surface area contributed by atoms with Gasteiger partial charge in [-0.15, -0.1) is 0 Å². The summed E-state index contributed by atoms with van der Waals surface area (Å²) in [5, 5.41) is 2.86. The summed E-state index contributed by atoms with van der Waals surface area (Å²) in [6.45, 7) is 1.74. The van der Waals surface area contributed by atoms with Gasteiger partial charge in [0.25, 0.3) is 0 Å². The predicted octanol–water partition coefficient (Wildman–Crippen LogP) is 1.26. The Labute approximate surface area is 161 Å². The Hall–Kier alpha value is -2.13. The molecule has 3 amide bonds. The van der Waals surface area contributed by atoms with Crippen LogP contribution in [0, 0.1) is 0 Å². The van der Waals surface area contributed by atoms with Gasteiger partial charge in [-0.05, 0) is 24.3 Å². The van der Waals surface area contributed by atoms with Crippen LogP contribution >= 0.6 is 0 Å². The lowest BCUT2D eigenvalue weighted by molar-refractivity contribution is -0.131. The molecule has 2 saturated heterocycles. The molecule has 9 heteroatoms. The molecule has 1 unspecified atom stereocenters. The molecule has 3 rings (SSSR count). The van der Waals surface area contributed by atoms with Crippen molar-refractivity contribution in [2.45, 2.75) is 17.7 Å². The number of anilines is 1. The highest BCUT2D eigenvalue weighted by molar-refractivity contribution is 7.87. The van der Waals surface area contributed by atoms with Crippen LogP contribution in [0.1, 0.15) is 12.8 Å². The molecule has 2 heterocycles. The fourth-order valence-corrected chi connectivity index (χ4v) is 5.34. The van der Waals surface area contributed by atoms with Crippen LogP contribution in [0.5, 0.6) is 5.75 Å². The van der Waals surface area contributed by atoms with E-state index in [4.69, 9.17) is 9.47 Å². The highest BCUT2D eigenvalue weighted by atomic mass is 32.2. The number of benzene rings is 1. The van der Waals surface area contributed by atoms with Gasteiger partial charge in [-0.1, -0.05) is 0 Å². The van der Waals surface area contributed by atoms with Crippen LogP contribution in [0.15, 0.2) is 24.3 Å². The smallest absolute Gasteiger partial charge is 0.321 e. The lowest BCUT2D eigenvalue weighted by Gasteiger charge is -2.43. The van der Waals surface area contributed by atoms with Gasteiger partial charge in [0.2, 0.25) is 5.91 Å². The lowest BCUT2D eigenvalue weighted by atomic mass is 10.0. The quantitative estimate of drug-likeness (QED) is 0.811. The number of nitrogens with one attached hydrogen (secondary N) is 1. The molecule has 8 nitrogen and oxygen atoms in total. The van der Waals surface area contributed by atoms with Gasteiger partial charge in [-0.3, -0.25) is 9.00 Å². The molecule has 1 aromatic carbocycles. The molecule has 0 bridgehead atoms. The van der Waals surface area contributed by atoms with Gasteiger partial charge in [0.05, 0.1) is 24.5 Å². The van der Waals surface area contributed by atoms with Crippen molar-refractivity contribution in [3.05, 3.63) is 24.3 Å². The van der Waals surface area contributed by atoms with E-state index in [1.807, 2.05) is 0 Å². The van der Waals surface area contributed by atoms with Crippen LogP contribution in [0.2, 0.25) is 0 Å². The summed E-state index contributed by atoms with van der Waals surface area (Å²) in [6, 6.07) is 6.91. The topological polar surface area (TPSA) is 88.2 Å². The van der Waals surface area contributed by atoms with Gasteiger partial charge < -0.3 is 24.6 Å². The van der Waals surface area contributed by atoms with Crippen molar-refractivity contribution in [2.24, 2.45) is 0 Å². The standard InChI is InChI=1S/C18H25N3O5S/c1-25-12-11-21-16(22)13-27(24)18(21)7-9-20(10-8-18)17(23)19-14-3-5-15(26-2)6-4-14/h3-6H,7-13H2,1-2H3,(H,19,23). The van der Waals surface area contributed by atoms with Crippen LogP contribution in [0.25, 0.3) is 0 Å². The first-order valence-electron chi connectivity index (χ1n) is 8.88. The highest BCUT2D eigenvalue weighted by Crippen LogP contribution is 2.37. The molecule has 0 saturated carbocycles. The molecule has 1 aromatic rings. The van der Waals surface area contributed by atoms with E-state index in [-0.39, 0.29) is 17.7 Å². The number of urea groups is 1. The third kappa shape index (κ3) is 3.93. The van der Waals surface area contributed by atoms with E-state index in [1.54, 1.807) is 48.3 Å². The molecule has 2 aliphatic heterocycles. The third-order valence-corrected chi connectivity index (χ3v) is 7.15. The SMILES string of the molecule is COCCN1C(=O)CS(=O)C12CCN(C(=O)Nc1ccc(OC)cc1)CC2. The number of piperidine rings is 1. The zero-order chi connectivity index (χ0) is 19.4. The van der Waals surface area contributed by atoms with E-state index in [1.165, 1.54) is 0 Å². The molecular weight excluding hydrogens is 370 g/mol. The van der Waals surface area contributed by atoms with Crippen molar-refractivity contribution in [3.63, 3.8) is 0 Å². The Morgan fingerprint density at radius 3 is 2.48 bits per heavy atom. The summed E-state index contributed by atoms with van der Waals surface area (Å²) in [5.74, 6) is 0.681. The molecule has 0 radical (unpaired) electrons. The number of ether oxygens (including phenoxy) is 2. The Morgan fingerprint density at radius 1 is 1.22 bits per heavy atom. The number of likely N-dealkylation sites (tertiary alicyclic amines) is 1. The molecule has 0 aromatic heterocycles. The first-order valence-corrected chi connectivity index (χ1v) is 10.2. The summed E-state index contributed by atoms with van der Waals surface area (Å²) < 4.78 is 22.8. The van der Waals surface area contributed by atoms with E-state index in [0.717, 1.165) is 5.75 Å². The maximum Gasteiger partial charge on any atom is 0.321 e. The number of nitrogens with zero attached hydrogens (tertiary/aromatic N) is 2. The van der Waals surface area contributed by atoms with Crippen molar-refractivity contribution < 1.29 is 23.3 Å². The van der Waals surface area contributed by atoms with Gasteiger partial charge in [0.1, 0.15) is 16.4 Å². The van der Waals surface area contributed by atoms with Crippen molar-refractivity contribution in [1.29, 1.82) is 0 Å². The first kappa shape index (κ1) is 19.6. The summed E-state index contributed by atoms with van der Waals surface area (Å²) in [4.78, 5) is 27.5. The van der Waals surface area contributed by atoms with Crippen molar-refractivity contribution >= 4 is 28.4 Å². The van der Waals surface area contributed by atoms with Gasteiger partial charge >= 0.3 is 6.03 Å². The first-order chi connectivity index (χ1) is 13.0. The minimum Gasteiger partial charge on any atom is -0.497 e. The number of rotatable bonds is 5. The number of carbonyl (C=O) groups is 2. The van der Waals surface area contributed by atoms with Crippen LogP contribution < -0.4 is 10.1 Å². The average molecular weight is 395 g/mol. The summed E-state index contributed by atoms with van der Waals surface area (Å²) in [7, 11) is 1.91. The molecule has 1 atom stereocenters. The lowest BCUT2D eigenvalue weighted by Crippen LogP contribution is -2.56. The molecule has 2 fully saturated rings. The van der Waals surface area contributed by atoms with Crippen molar-refractivity contribution in [2.75, 3.05) is 51.5 Å². The maximum atomic E-state index is 12.6. The Morgan fingerprint density at radius 2 is 1.89 bits per heavy atom. The fraction of sp³-hybridized carbons (Fsp3) is 0.556. The molecule has 148 valence electrons. The molecular formula is C18H25N3O5S. The molecule has 1 spiro atoms. The second kappa shape index (κ2) is 8.26. The monoisotopic (exact) mass is 395 g/mol. The van der Waals surface area contributed by atoms with E-state index in [2.05, 4.69) is 5.32 Å². The Bertz CT molecular complexity index is 716. The van der Waals surface area contributed by atoms with Crippen LogP contribution in [-0.2, 0) is 20.3 Å². The second-order valence-corrected chi connectivity index (χ2v) is 8.36. The summed E-state index contributed by atoms with van der Waals surface area (Å²) >= 11 is 0. The number of amides is 3. The summed E-state index contributed by atoms with van der Waals surface area (Å²) in [5.41, 5.74) is 0.683. The van der Waals surface area contributed by atoms with E-state index < -0.39 is 15.7 Å². The van der Waals surface area contributed by atoms with E-state index in [9.17, 15) is 13.8 Å². The van der Waals surface area contributed by atoms with Crippen LogP contribution in [0.3, 0.4) is 0 Å². The second-order valence-electron chi connectivity index (χ2n) is 6.62. The van der Waals surface area contributed by atoms with Gasteiger partial charge in [0.15, 0.2) is 0 Å². The minimum atomic E-state index is -1.25. The molecule has 27 heavy (non-hydrogen) atoms. The van der Waals surface area contributed by atoms with Gasteiger partial charge in [-0.25, -0.2) is 4.79 Å². The Kier molecular flexibility index (Phi) is 6.01. The van der Waals surface area contributed by atoms with E-state index >= 15 is 0 Å².